The van der Waals surface area contributed by atoms with Crippen LogP contribution in [0.15, 0.2) is 218 Å². The van der Waals surface area contributed by atoms with Gasteiger partial charge < -0.3 is 9.47 Å². The molecule has 0 spiro atoms. The summed E-state index contributed by atoms with van der Waals surface area (Å²) in [6.07, 6.45) is 0. The number of hydrogen-bond donors (Lipinski definition) is 0. The maximum atomic E-state index is 2.56. The summed E-state index contributed by atoms with van der Waals surface area (Å²) < 4.78 is 2.38. The fourth-order valence-corrected chi connectivity index (χ4v) is 11.6. The van der Waals surface area contributed by atoms with Gasteiger partial charge in [-0.25, -0.2) is 0 Å². The van der Waals surface area contributed by atoms with Crippen molar-refractivity contribution >= 4 is 49.6 Å². The van der Waals surface area contributed by atoms with E-state index in [-0.39, 0.29) is 10.8 Å². The molecule has 0 unspecified atom stereocenters. The van der Waals surface area contributed by atoms with Gasteiger partial charge in [0.1, 0.15) is 0 Å². The predicted octanol–water partition coefficient (Wildman–Crippen LogP) is 17.4. The zero-order valence-electron chi connectivity index (χ0n) is 37.7. The molecule has 0 fully saturated rings. The smallest absolute Gasteiger partial charge is 0.0543 e. The lowest BCUT2D eigenvalue weighted by atomic mass is 9.67. The first kappa shape index (κ1) is 38.5. The Morgan fingerprint density at radius 2 is 0.924 bits per heavy atom. The van der Waals surface area contributed by atoms with Crippen molar-refractivity contribution < 1.29 is 0 Å². The summed E-state index contributed by atoms with van der Waals surface area (Å²) in [7, 11) is 0. The molecule has 2 aliphatic carbocycles. The van der Waals surface area contributed by atoms with E-state index in [0.29, 0.717) is 0 Å². The number of fused-ring (bicyclic) bond motifs is 8. The summed E-state index contributed by atoms with van der Waals surface area (Å²) in [5, 5.41) is 5.19. The van der Waals surface area contributed by atoms with Crippen LogP contribution in [0.1, 0.15) is 49.9 Å². The fourth-order valence-electron chi connectivity index (χ4n) is 11.6. The van der Waals surface area contributed by atoms with Gasteiger partial charge in [-0.15, -0.1) is 0 Å². The van der Waals surface area contributed by atoms with Crippen LogP contribution < -0.4 is 4.90 Å². The molecule has 0 amide bonds. The molecule has 314 valence electrons. The molecular weight excluding hydrogens is 797 g/mol. The Labute approximate surface area is 386 Å². The van der Waals surface area contributed by atoms with E-state index in [4.69, 9.17) is 0 Å². The quantitative estimate of drug-likeness (QED) is 0.162. The third kappa shape index (κ3) is 5.61. The minimum Gasteiger partial charge on any atom is -0.310 e. The predicted molar refractivity (Wildman–Crippen MR) is 279 cm³/mol. The van der Waals surface area contributed by atoms with Crippen LogP contribution in [0, 0.1) is 0 Å². The van der Waals surface area contributed by atoms with Gasteiger partial charge in [-0.1, -0.05) is 179 Å². The minimum atomic E-state index is -0.205. The van der Waals surface area contributed by atoms with Gasteiger partial charge in [0, 0.05) is 44.2 Å². The van der Waals surface area contributed by atoms with Gasteiger partial charge in [-0.3, -0.25) is 0 Å². The molecule has 2 heteroatoms. The van der Waals surface area contributed by atoms with Crippen LogP contribution >= 0.6 is 0 Å². The van der Waals surface area contributed by atoms with E-state index in [2.05, 4.69) is 256 Å². The maximum absolute atomic E-state index is 2.56. The van der Waals surface area contributed by atoms with Crippen molar-refractivity contribution in [3.8, 4) is 50.2 Å². The van der Waals surface area contributed by atoms with E-state index in [1.807, 2.05) is 0 Å². The third-order valence-electron chi connectivity index (χ3n) is 15.0. The van der Waals surface area contributed by atoms with Gasteiger partial charge in [-0.05, 0) is 139 Å². The van der Waals surface area contributed by atoms with E-state index < -0.39 is 0 Å². The SMILES string of the molecule is CC1(C)c2cc3c(cc2-c2c(N(c4ccc(-c5ccccc5)cc4)c4ccc(-c5ccc6c(c5)c5ccccc5n6-c5ccccc5)cc4)cccc21)-c1cccc2cccc(c12)C3(C)C. The van der Waals surface area contributed by atoms with Crippen LogP contribution in [-0.2, 0) is 10.8 Å². The van der Waals surface area contributed by atoms with Crippen LogP contribution in [0.25, 0.3) is 82.8 Å². The molecule has 1 aromatic heterocycles. The van der Waals surface area contributed by atoms with Gasteiger partial charge in [0.15, 0.2) is 0 Å². The first-order valence-electron chi connectivity index (χ1n) is 23.3. The fraction of sp³-hybridized carbons (Fsp3) is 0.0938. The first-order chi connectivity index (χ1) is 32.3. The molecule has 0 saturated carbocycles. The van der Waals surface area contributed by atoms with Crippen molar-refractivity contribution in [1.29, 1.82) is 0 Å². The standard InChI is InChI=1S/C64H48N2/c1-63(2)54-24-14-19-44-18-13-23-50(61(44)54)51-39-53-57(40-56(51)63)64(3,4)55-25-15-27-60(62(53)55)65(47-33-28-42(29-34-47)41-16-7-5-8-17-41)48-35-30-43(31-36-48)45-32-37-59-52(38-45)49-22-11-12-26-58(49)66(59)46-20-9-6-10-21-46/h5-40H,1-4H3. The molecule has 0 aliphatic heterocycles. The topological polar surface area (TPSA) is 8.17 Å². The molecule has 13 rings (SSSR count). The highest BCUT2D eigenvalue weighted by atomic mass is 15.1. The second kappa shape index (κ2) is 14.3. The third-order valence-corrected chi connectivity index (χ3v) is 15.0. The summed E-state index contributed by atoms with van der Waals surface area (Å²) >= 11 is 0. The van der Waals surface area contributed by atoms with Crippen LogP contribution in [0.4, 0.5) is 17.1 Å². The number of benzene rings is 10. The molecular formula is C64H48N2. The van der Waals surface area contributed by atoms with Crippen LogP contribution in [0.3, 0.4) is 0 Å². The highest BCUT2D eigenvalue weighted by Crippen LogP contribution is 2.58. The van der Waals surface area contributed by atoms with Crippen molar-refractivity contribution in [2.75, 3.05) is 4.90 Å². The Hall–Kier alpha value is -7.94. The molecule has 10 aromatic carbocycles. The normalized spacial score (nSPS) is 14.0. The number of hydrogen-bond acceptors (Lipinski definition) is 1. The number of aromatic nitrogens is 1. The summed E-state index contributed by atoms with van der Waals surface area (Å²) in [6, 6.07) is 81.1. The van der Waals surface area contributed by atoms with Crippen molar-refractivity contribution in [1.82, 2.24) is 4.57 Å². The Balaban J connectivity index is 0.978. The van der Waals surface area contributed by atoms with Gasteiger partial charge in [0.2, 0.25) is 0 Å². The lowest BCUT2D eigenvalue weighted by Crippen LogP contribution is -2.25. The molecule has 0 N–H and O–H groups in total. The van der Waals surface area contributed by atoms with E-state index in [1.54, 1.807) is 0 Å². The molecule has 1 heterocycles. The van der Waals surface area contributed by atoms with Crippen molar-refractivity contribution in [3.63, 3.8) is 0 Å². The number of nitrogens with zero attached hydrogens (tertiary/aromatic N) is 2. The zero-order valence-corrected chi connectivity index (χ0v) is 37.7. The van der Waals surface area contributed by atoms with Gasteiger partial charge in [0.25, 0.3) is 0 Å². The van der Waals surface area contributed by atoms with Crippen LogP contribution in [0.2, 0.25) is 0 Å². The molecule has 11 aromatic rings. The molecule has 0 radical (unpaired) electrons. The lowest BCUT2D eigenvalue weighted by molar-refractivity contribution is 0.629. The average Bonchev–Trinajstić information content (AvgIpc) is 3.81. The molecule has 2 nitrogen and oxygen atoms in total. The van der Waals surface area contributed by atoms with Crippen molar-refractivity contribution in [3.05, 3.63) is 241 Å². The minimum absolute atomic E-state index is 0.149. The highest BCUT2D eigenvalue weighted by molar-refractivity contribution is 6.11. The van der Waals surface area contributed by atoms with Crippen LogP contribution in [0.5, 0.6) is 0 Å². The molecule has 0 saturated heterocycles. The summed E-state index contributed by atoms with van der Waals surface area (Å²) in [6.45, 7) is 9.66. The first-order valence-corrected chi connectivity index (χ1v) is 23.3. The lowest BCUT2D eigenvalue weighted by Gasteiger charge is -2.36. The second-order valence-corrected chi connectivity index (χ2v) is 19.3. The second-order valence-electron chi connectivity index (χ2n) is 19.3. The van der Waals surface area contributed by atoms with Gasteiger partial charge in [0.05, 0.1) is 16.7 Å². The maximum Gasteiger partial charge on any atom is 0.0543 e. The van der Waals surface area contributed by atoms with Crippen molar-refractivity contribution in [2.24, 2.45) is 0 Å². The highest BCUT2D eigenvalue weighted by Gasteiger charge is 2.42. The Morgan fingerprint density at radius 3 is 1.67 bits per heavy atom. The van der Waals surface area contributed by atoms with Gasteiger partial charge >= 0.3 is 0 Å². The summed E-state index contributed by atoms with van der Waals surface area (Å²) in [5.41, 5.74) is 22.3. The monoisotopic (exact) mass is 844 g/mol. The van der Waals surface area contributed by atoms with Crippen LogP contribution in [-0.4, -0.2) is 4.57 Å². The van der Waals surface area contributed by atoms with E-state index in [9.17, 15) is 0 Å². The van der Waals surface area contributed by atoms with E-state index >= 15 is 0 Å². The molecule has 2 aliphatic rings. The van der Waals surface area contributed by atoms with E-state index in [0.717, 1.165) is 11.4 Å². The van der Waals surface area contributed by atoms with Crippen molar-refractivity contribution in [2.45, 2.75) is 38.5 Å². The summed E-state index contributed by atoms with van der Waals surface area (Å²) in [4.78, 5) is 2.48. The molecule has 66 heavy (non-hydrogen) atoms. The number of anilines is 3. The zero-order chi connectivity index (χ0) is 44.3. The molecule has 0 atom stereocenters. The largest absolute Gasteiger partial charge is 0.310 e. The Bertz CT molecular complexity index is 3720. The van der Waals surface area contributed by atoms with E-state index in [1.165, 1.54) is 111 Å². The molecule has 0 bridgehead atoms. The number of rotatable bonds is 6. The Kier molecular flexibility index (Phi) is 8.33. The average molecular weight is 845 g/mol. The van der Waals surface area contributed by atoms with Gasteiger partial charge in [-0.2, -0.15) is 0 Å². The summed E-state index contributed by atoms with van der Waals surface area (Å²) in [5.74, 6) is 0. The Morgan fingerprint density at radius 1 is 0.364 bits per heavy atom. The number of para-hydroxylation sites is 2.